The van der Waals surface area contributed by atoms with Crippen molar-refractivity contribution in [1.29, 1.82) is 0 Å². The molecule has 2 aromatic heterocycles. The van der Waals surface area contributed by atoms with Crippen LogP contribution >= 0.6 is 0 Å². The van der Waals surface area contributed by atoms with Crippen molar-refractivity contribution in [2.45, 2.75) is 26.8 Å². The number of rotatable bonds is 5. The largest absolute Gasteiger partial charge is 0.384 e. The van der Waals surface area contributed by atoms with E-state index >= 15 is 0 Å². The molecule has 5 nitrogen and oxygen atoms in total. The lowest BCUT2D eigenvalue weighted by atomic mass is 10.1. The molecule has 0 aliphatic carbocycles. The van der Waals surface area contributed by atoms with Crippen LogP contribution in [0.4, 0.5) is 5.82 Å². The van der Waals surface area contributed by atoms with Crippen LogP contribution in [-0.2, 0) is 13.0 Å². The van der Waals surface area contributed by atoms with Gasteiger partial charge in [-0.3, -0.25) is 9.78 Å². The lowest BCUT2D eigenvalue weighted by molar-refractivity contribution is 0.0750. The highest BCUT2D eigenvalue weighted by Gasteiger charge is 2.16. The van der Waals surface area contributed by atoms with Gasteiger partial charge in [0.25, 0.3) is 5.91 Å². The van der Waals surface area contributed by atoms with Gasteiger partial charge in [0.2, 0.25) is 0 Å². The first-order chi connectivity index (χ1) is 10.1. The molecule has 0 fully saturated rings. The molecule has 0 aliphatic heterocycles. The molecule has 2 N–H and O–H groups in total. The first kappa shape index (κ1) is 15.0. The average molecular weight is 284 g/mol. The first-order valence-electron chi connectivity index (χ1n) is 7.09. The molecule has 2 heterocycles. The van der Waals surface area contributed by atoms with Gasteiger partial charge in [0.1, 0.15) is 5.82 Å². The molecule has 0 atom stereocenters. The Bertz CT molecular complexity index is 613. The lowest BCUT2D eigenvalue weighted by Gasteiger charge is -2.21. The van der Waals surface area contributed by atoms with Gasteiger partial charge >= 0.3 is 0 Å². The molecule has 2 rings (SSSR count). The number of hydrogen-bond acceptors (Lipinski definition) is 4. The molecule has 0 aliphatic rings. The van der Waals surface area contributed by atoms with Gasteiger partial charge < -0.3 is 10.6 Å². The summed E-state index contributed by atoms with van der Waals surface area (Å²) in [6.45, 7) is 5.03. The van der Waals surface area contributed by atoms with Gasteiger partial charge in [-0.2, -0.15) is 0 Å². The number of aromatic nitrogens is 2. The summed E-state index contributed by atoms with van der Waals surface area (Å²) < 4.78 is 0. The summed E-state index contributed by atoms with van der Waals surface area (Å²) in [4.78, 5) is 22.8. The highest BCUT2D eigenvalue weighted by molar-refractivity contribution is 5.94. The molecule has 110 valence electrons. The number of nitrogens with zero attached hydrogens (tertiary/aromatic N) is 3. The molecule has 0 saturated carbocycles. The van der Waals surface area contributed by atoms with E-state index in [0.717, 1.165) is 17.8 Å². The maximum Gasteiger partial charge on any atom is 0.254 e. The Kier molecular flexibility index (Phi) is 4.87. The standard InChI is InChI=1S/C16H20N4O/c1-3-13-9-12(10-15(17)19-13)16(21)20(4-2)11-14-7-5-6-8-18-14/h5-10H,3-4,11H2,1-2H3,(H2,17,19). The summed E-state index contributed by atoms with van der Waals surface area (Å²) in [6.07, 6.45) is 2.48. The van der Waals surface area contributed by atoms with E-state index in [9.17, 15) is 4.79 Å². The van der Waals surface area contributed by atoms with E-state index in [1.54, 1.807) is 23.2 Å². The first-order valence-corrected chi connectivity index (χ1v) is 7.09. The van der Waals surface area contributed by atoms with Crippen molar-refractivity contribution in [2.75, 3.05) is 12.3 Å². The van der Waals surface area contributed by atoms with Crippen LogP contribution in [-0.4, -0.2) is 27.3 Å². The highest BCUT2D eigenvalue weighted by atomic mass is 16.2. The Hall–Kier alpha value is -2.43. The maximum atomic E-state index is 12.6. The van der Waals surface area contributed by atoms with E-state index in [0.29, 0.717) is 24.5 Å². The molecule has 0 saturated heterocycles. The van der Waals surface area contributed by atoms with Gasteiger partial charge in [0, 0.05) is 24.0 Å². The van der Waals surface area contributed by atoms with Crippen LogP contribution in [0.5, 0.6) is 0 Å². The summed E-state index contributed by atoms with van der Waals surface area (Å²) in [5.74, 6) is 0.332. The van der Waals surface area contributed by atoms with E-state index in [-0.39, 0.29) is 5.91 Å². The number of carbonyl (C=O) groups is 1. The van der Waals surface area contributed by atoms with Crippen LogP contribution in [0.2, 0.25) is 0 Å². The zero-order chi connectivity index (χ0) is 15.2. The Balaban J connectivity index is 2.22. The summed E-state index contributed by atoms with van der Waals surface area (Å²) in [5.41, 5.74) is 8.05. The van der Waals surface area contributed by atoms with Crippen molar-refractivity contribution in [2.24, 2.45) is 0 Å². The van der Waals surface area contributed by atoms with Crippen LogP contribution in [0.25, 0.3) is 0 Å². The van der Waals surface area contributed by atoms with E-state index in [2.05, 4.69) is 9.97 Å². The number of aryl methyl sites for hydroxylation is 1. The number of nitrogen functional groups attached to an aromatic ring is 1. The van der Waals surface area contributed by atoms with Gasteiger partial charge in [0.05, 0.1) is 12.2 Å². The third-order valence-electron chi connectivity index (χ3n) is 3.26. The minimum absolute atomic E-state index is 0.0491. The van der Waals surface area contributed by atoms with E-state index in [1.807, 2.05) is 32.0 Å². The van der Waals surface area contributed by atoms with Crippen molar-refractivity contribution in [1.82, 2.24) is 14.9 Å². The van der Waals surface area contributed by atoms with Crippen LogP contribution in [0.15, 0.2) is 36.5 Å². The highest BCUT2D eigenvalue weighted by Crippen LogP contribution is 2.13. The topological polar surface area (TPSA) is 72.1 Å². The third-order valence-corrected chi connectivity index (χ3v) is 3.26. The second kappa shape index (κ2) is 6.83. The van der Waals surface area contributed by atoms with Crippen LogP contribution in [0, 0.1) is 0 Å². The molecular weight excluding hydrogens is 264 g/mol. The fourth-order valence-corrected chi connectivity index (χ4v) is 2.11. The minimum Gasteiger partial charge on any atom is -0.384 e. The zero-order valence-electron chi connectivity index (χ0n) is 12.4. The predicted octanol–water partition coefficient (Wildman–Crippen LogP) is 2.28. The maximum absolute atomic E-state index is 12.6. The molecule has 0 unspecified atom stereocenters. The Labute approximate surface area is 124 Å². The Morgan fingerprint density at radius 3 is 2.67 bits per heavy atom. The second-order valence-corrected chi connectivity index (χ2v) is 4.77. The monoisotopic (exact) mass is 284 g/mol. The minimum atomic E-state index is -0.0491. The smallest absolute Gasteiger partial charge is 0.254 e. The van der Waals surface area contributed by atoms with Gasteiger partial charge in [-0.1, -0.05) is 13.0 Å². The van der Waals surface area contributed by atoms with E-state index in [4.69, 9.17) is 5.73 Å². The van der Waals surface area contributed by atoms with Gasteiger partial charge in [-0.05, 0) is 37.6 Å². The predicted molar refractivity (Wildman–Crippen MR) is 82.7 cm³/mol. The third kappa shape index (κ3) is 3.78. The quantitative estimate of drug-likeness (QED) is 0.914. The molecule has 0 spiro atoms. The number of amides is 1. The van der Waals surface area contributed by atoms with Crippen molar-refractivity contribution >= 4 is 11.7 Å². The molecule has 0 bridgehead atoms. The van der Waals surface area contributed by atoms with E-state index < -0.39 is 0 Å². The summed E-state index contributed by atoms with van der Waals surface area (Å²) >= 11 is 0. The normalized spacial score (nSPS) is 10.4. The van der Waals surface area contributed by atoms with Crippen LogP contribution in [0.1, 0.15) is 35.6 Å². The molecule has 1 amide bonds. The van der Waals surface area contributed by atoms with Crippen LogP contribution in [0.3, 0.4) is 0 Å². The van der Waals surface area contributed by atoms with Crippen LogP contribution < -0.4 is 5.73 Å². The molecule has 2 aromatic rings. The van der Waals surface area contributed by atoms with Crippen molar-refractivity contribution < 1.29 is 4.79 Å². The van der Waals surface area contributed by atoms with Gasteiger partial charge in [-0.15, -0.1) is 0 Å². The number of carbonyl (C=O) groups excluding carboxylic acids is 1. The number of hydrogen-bond donors (Lipinski definition) is 1. The summed E-state index contributed by atoms with van der Waals surface area (Å²) in [7, 11) is 0. The second-order valence-electron chi connectivity index (χ2n) is 4.77. The van der Waals surface area contributed by atoms with E-state index in [1.165, 1.54) is 0 Å². The zero-order valence-corrected chi connectivity index (χ0v) is 12.4. The molecule has 21 heavy (non-hydrogen) atoms. The Morgan fingerprint density at radius 1 is 1.24 bits per heavy atom. The number of nitrogens with two attached hydrogens (primary N) is 1. The van der Waals surface area contributed by atoms with Gasteiger partial charge in [-0.25, -0.2) is 4.98 Å². The average Bonchev–Trinajstić information content (AvgIpc) is 2.52. The molecule has 0 radical (unpaired) electrons. The summed E-state index contributed by atoms with van der Waals surface area (Å²) in [5, 5.41) is 0. The van der Waals surface area contributed by atoms with Crippen molar-refractivity contribution in [3.05, 3.63) is 53.5 Å². The molecule has 0 aromatic carbocycles. The van der Waals surface area contributed by atoms with Crippen molar-refractivity contribution in [3.63, 3.8) is 0 Å². The molecular formula is C16H20N4O. The fourth-order valence-electron chi connectivity index (χ4n) is 2.11. The van der Waals surface area contributed by atoms with Crippen molar-refractivity contribution in [3.8, 4) is 0 Å². The lowest BCUT2D eigenvalue weighted by Crippen LogP contribution is -2.30. The number of anilines is 1. The Morgan fingerprint density at radius 2 is 2.05 bits per heavy atom. The molecule has 5 heteroatoms. The summed E-state index contributed by atoms with van der Waals surface area (Å²) in [6, 6.07) is 9.12. The fraction of sp³-hybridized carbons (Fsp3) is 0.312. The SMILES string of the molecule is CCc1cc(C(=O)N(CC)Cc2ccccn2)cc(N)n1. The number of pyridine rings is 2. The van der Waals surface area contributed by atoms with Gasteiger partial charge in [0.15, 0.2) is 0 Å².